The van der Waals surface area contributed by atoms with Crippen molar-refractivity contribution >= 4 is 18.4 Å². The maximum absolute atomic E-state index is 9.51. The standard InChI is InChI=1S/C14H14N6O2S/c1-8-5-9(2)19(18-8)13-16-17-14(23)20(13)15-7-10-3-4-11(21)12(22)6-10/h3-7,21-22H,1-2H3,(H,17,23)/b15-7+. The van der Waals surface area contributed by atoms with Gasteiger partial charge in [0.05, 0.1) is 11.9 Å². The molecule has 0 spiro atoms. The summed E-state index contributed by atoms with van der Waals surface area (Å²) in [5.74, 6) is 0.0220. The van der Waals surface area contributed by atoms with Gasteiger partial charge in [0.2, 0.25) is 4.77 Å². The highest BCUT2D eigenvalue weighted by molar-refractivity contribution is 7.71. The summed E-state index contributed by atoms with van der Waals surface area (Å²) in [5.41, 5.74) is 2.35. The molecule has 0 radical (unpaired) electrons. The van der Waals surface area contributed by atoms with E-state index in [1.54, 1.807) is 10.7 Å². The van der Waals surface area contributed by atoms with Crippen molar-refractivity contribution in [2.24, 2.45) is 5.10 Å². The van der Waals surface area contributed by atoms with Crippen LogP contribution in [0.2, 0.25) is 0 Å². The van der Waals surface area contributed by atoms with E-state index in [1.165, 1.54) is 23.0 Å². The van der Waals surface area contributed by atoms with E-state index < -0.39 is 0 Å². The summed E-state index contributed by atoms with van der Waals surface area (Å²) >= 11 is 5.19. The number of aromatic nitrogens is 5. The molecule has 0 fully saturated rings. The number of nitrogens with zero attached hydrogens (tertiary/aromatic N) is 5. The predicted molar refractivity (Wildman–Crippen MR) is 86.8 cm³/mol. The van der Waals surface area contributed by atoms with Crippen LogP contribution in [-0.4, -0.2) is 41.1 Å². The summed E-state index contributed by atoms with van der Waals surface area (Å²) in [5, 5.41) is 34.3. The molecule has 0 aliphatic heterocycles. The number of aryl methyl sites for hydroxylation is 2. The van der Waals surface area contributed by atoms with Crippen LogP contribution >= 0.6 is 12.2 Å². The van der Waals surface area contributed by atoms with Crippen LogP contribution in [0.3, 0.4) is 0 Å². The summed E-state index contributed by atoms with van der Waals surface area (Å²) < 4.78 is 3.37. The Morgan fingerprint density at radius 2 is 2.00 bits per heavy atom. The molecule has 2 heterocycles. The maximum Gasteiger partial charge on any atom is 0.271 e. The molecule has 0 saturated carbocycles. The van der Waals surface area contributed by atoms with Crippen molar-refractivity contribution in [1.82, 2.24) is 24.7 Å². The number of hydrogen-bond donors (Lipinski definition) is 3. The van der Waals surface area contributed by atoms with E-state index in [1.807, 2.05) is 19.9 Å². The number of aromatic hydroxyl groups is 2. The lowest BCUT2D eigenvalue weighted by atomic mass is 10.2. The first-order chi connectivity index (χ1) is 11.0. The molecule has 0 aliphatic carbocycles. The van der Waals surface area contributed by atoms with Crippen molar-refractivity contribution in [2.45, 2.75) is 13.8 Å². The van der Waals surface area contributed by atoms with Crippen LogP contribution in [0.25, 0.3) is 5.95 Å². The second-order valence-electron chi connectivity index (χ2n) is 4.97. The molecule has 3 rings (SSSR count). The fourth-order valence-corrected chi connectivity index (χ4v) is 2.28. The molecule has 23 heavy (non-hydrogen) atoms. The molecular weight excluding hydrogens is 316 g/mol. The van der Waals surface area contributed by atoms with Gasteiger partial charge in [0.25, 0.3) is 5.95 Å². The van der Waals surface area contributed by atoms with Crippen molar-refractivity contribution in [1.29, 1.82) is 0 Å². The Morgan fingerprint density at radius 3 is 2.65 bits per heavy atom. The van der Waals surface area contributed by atoms with Crippen molar-refractivity contribution in [3.05, 3.63) is 46.0 Å². The van der Waals surface area contributed by atoms with E-state index in [0.717, 1.165) is 11.4 Å². The molecule has 1 aromatic carbocycles. The SMILES string of the molecule is Cc1cc(C)n(-c2n[nH]c(=S)n2/N=C/c2ccc(O)c(O)c2)n1. The normalized spacial score (nSPS) is 11.4. The Labute approximate surface area is 136 Å². The van der Waals surface area contributed by atoms with Crippen molar-refractivity contribution in [3.8, 4) is 17.4 Å². The molecule has 9 heteroatoms. The van der Waals surface area contributed by atoms with Gasteiger partial charge in [-0.1, -0.05) is 0 Å². The first-order valence-corrected chi connectivity index (χ1v) is 7.14. The second-order valence-corrected chi connectivity index (χ2v) is 5.36. The molecule has 0 saturated heterocycles. The van der Waals surface area contributed by atoms with Gasteiger partial charge in [-0.3, -0.25) is 0 Å². The number of H-pyrrole nitrogens is 1. The number of rotatable bonds is 3. The summed E-state index contributed by atoms with van der Waals surface area (Å²) in [6.45, 7) is 3.79. The van der Waals surface area contributed by atoms with Gasteiger partial charge in [-0.15, -0.1) is 5.10 Å². The molecule has 0 aliphatic rings. The van der Waals surface area contributed by atoms with E-state index in [4.69, 9.17) is 12.2 Å². The Bertz CT molecular complexity index is 953. The Kier molecular flexibility index (Phi) is 3.70. The second kappa shape index (κ2) is 5.69. The van der Waals surface area contributed by atoms with Crippen molar-refractivity contribution in [3.63, 3.8) is 0 Å². The molecule has 118 valence electrons. The van der Waals surface area contributed by atoms with Gasteiger partial charge in [0.15, 0.2) is 11.5 Å². The fourth-order valence-electron chi connectivity index (χ4n) is 2.10. The number of nitrogens with one attached hydrogen (secondary N) is 1. The Hall–Kier alpha value is -2.94. The Balaban J connectivity index is 2.02. The molecule has 0 unspecified atom stereocenters. The van der Waals surface area contributed by atoms with Gasteiger partial charge in [-0.05, 0) is 55.9 Å². The summed E-state index contributed by atoms with van der Waals surface area (Å²) in [6, 6.07) is 6.31. The van der Waals surface area contributed by atoms with Gasteiger partial charge in [0.1, 0.15) is 0 Å². The van der Waals surface area contributed by atoms with Gasteiger partial charge in [0, 0.05) is 5.69 Å². The largest absolute Gasteiger partial charge is 0.504 e. The van der Waals surface area contributed by atoms with Crippen molar-refractivity contribution in [2.75, 3.05) is 0 Å². The number of aromatic amines is 1. The van der Waals surface area contributed by atoms with Crippen LogP contribution < -0.4 is 0 Å². The van der Waals surface area contributed by atoms with E-state index >= 15 is 0 Å². The smallest absolute Gasteiger partial charge is 0.271 e. The summed E-state index contributed by atoms with van der Waals surface area (Å²) in [6.07, 6.45) is 1.50. The molecular formula is C14H14N6O2S. The zero-order valence-electron chi connectivity index (χ0n) is 12.4. The Morgan fingerprint density at radius 1 is 1.22 bits per heavy atom. The summed E-state index contributed by atoms with van der Waals surface area (Å²) in [7, 11) is 0. The molecule has 8 nitrogen and oxygen atoms in total. The zero-order chi connectivity index (χ0) is 16.6. The third-order valence-corrected chi connectivity index (χ3v) is 3.42. The van der Waals surface area contributed by atoms with Crippen LogP contribution in [-0.2, 0) is 0 Å². The van der Waals surface area contributed by atoms with Crippen LogP contribution in [0.5, 0.6) is 11.5 Å². The van der Waals surface area contributed by atoms with Gasteiger partial charge >= 0.3 is 0 Å². The number of phenolic OH excluding ortho intramolecular Hbond substituents is 2. The molecule has 3 N–H and O–H groups in total. The van der Waals surface area contributed by atoms with E-state index in [2.05, 4.69) is 20.4 Å². The minimum atomic E-state index is -0.219. The summed E-state index contributed by atoms with van der Waals surface area (Å²) in [4.78, 5) is 0. The average molecular weight is 330 g/mol. The monoisotopic (exact) mass is 330 g/mol. The van der Waals surface area contributed by atoms with Gasteiger partial charge in [-0.2, -0.15) is 14.9 Å². The van der Waals surface area contributed by atoms with Gasteiger partial charge < -0.3 is 10.2 Å². The number of hydrogen-bond acceptors (Lipinski definition) is 6. The van der Waals surface area contributed by atoms with Crippen LogP contribution in [0, 0.1) is 18.6 Å². The molecule has 0 atom stereocenters. The number of benzene rings is 1. The van der Waals surface area contributed by atoms with Crippen LogP contribution in [0.15, 0.2) is 29.4 Å². The van der Waals surface area contributed by atoms with Crippen LogP contribution in [0.4, 0.5) is 0 Å². The minimum absolute atomic E-state index is 0.189. The molecule has 0 amide bonds. The lowest BCUT2D eigenvalue weighted by Gasteiger charge is -2.03. The zero-order valence-corrected chi connectivity index (χ0v) is 13.2. The number of phenols is 2. The third-order valence-electron chi connectivity index (χ3n) is 3.15. The lowest BCUT2D eigenvalue weighted by molar-refractivity contribution is 0.403. The predicted octanol–water partition coefficient (Wildman–Crippen LogP) is 2.04. The molecule has 2 aromatic heterocycles. The maximum atomic E-state index is 9.51. The average Bonchev–Trinajstić information content (AvgIpc) is 3.02. The molecule has 0 bridgehead atoms. The third kappa shape index (κ3) is 2.86. The minimum Gasteiger partial charge on any atom is -0.504 e. The highest BCUT2D eigenvalue weighted by Gasteiger charge is 2.11. The lowest BCUT2D eigenvalue weighted by Crippen LogP contribution is -2.07. The van der Waals surface area contributed by atoms with Crippen molar-refractivity contribution < 1.29 is 10.2 Å². The first kappa shape index (κ1) is 15.0. The highest BCUT2D eigenvalue weighted by atomic mass is 32.1. The molecule has 3 aromatic rings. The first-order valence-electron chi connectivity index (χ1n) is 6.73. The van der Waals surface area contributed by atoms with Crippen LogP contribution in [0.1, 0.15) is 17.0 Å². The van der Waals surface area contributed by atoms with E-state index in [9.17, 15) is 10.2 Å². The van der Waals surface area contributed by atoms with E-state index in [0.29, 0.717) is 16.3 Å². The highest BCUT2D eigenvalue weighted by Crippen LogP contribution is 2.24. The van der Waals surface area contributed by atoms with E-state index in [-0.39, 0.29) is 11.5 Å². The quantitative estimate of drug-likeness (QED) is 0.387. The fraction of sp³-hybridized carbons (Fsp3) is 0.143. The van der Waals surface area contributed by atoms with Gasteiger partial charge in [-0.25, -0.2) is 9.78 Å². The topological polar surface area (TPSA) is 104 Å².